The maximum Gasteiger partial charge on any atom is 0.308 e. The van der Waals surface area contributed by atoms with Crippen LogP contribution in [0.15, 0.2) is 65.8 Å². The highest BCUT2D eigenvalue weighted by molar-refractivity contribution is 6.12. The van der Waals surface area contributed by atoms with E-state index in [0.717, 1.165) is 42.5 Å². The number of nitrogens with zero attached hydrogens (tertiary/aromatic N) is 2. The molecule has 0 heterocycles. The maximum atomic E-state index is 11.5. The third-order valence-electron chi connectivity index (χ3n) is 5.40. The zero-order valence-corrected chi connectivity index (χ0v) is 16.3. The van der Waals surface area contributed by atoms with Gasteiger partial charge in [0.15, 0.2) is 0 Å². The van der Waals surface area contributed by atoms with Gasteiger partial charge >= 0.3 is 5.97 Å². The van der Waals surface area contributed by atoms with Gasteiger partial charge in [-0.2, -0.15) is 0 Å². The van der Waals surface area contributed by atoms with Crippen molar-refractivity contribution in [1.29, 1.82) is 0 Å². The van der Waals surface area contributed by atoms with Crippen LogP contribution in [0.1, 0.15) is 36.8 Å². The topological polar surface area (TPSA) is 62.1 Å². The van der Waals surface area contributed by atoms with E-state index >= 15 is 0 Å². The second-order valence-corrected chi connectivity index (χ2v) is 7.28. The van der Waals surface area contributed by atoms with Gasteiger partial charge in [-0.15, -0.1) is 0 Å². The van der Waals surface area contributed by atoms with E-state index < -0.39 is 5.97 Å². The van der Waals surface area contributed by atoms with Crippen molar-refractivity contribution in [3.63, 3.8) is 0 Å². The minimum Gasteiger partial charge on any atom is -0.481 e. The van der Waals surface area contributed by atoms with Gasteiger partial charge in [0.1, 0.15) is 12.3 Å². The molecule has 1 aliphatic rings. The first-order chi connectivity index (χ1) is 13.7. The zero-order chi connectivity index (χ0) is 19.8. The third-order valence-corrected chi connectivity index (χ3v) is 5.40. The van der Waals surface area contributed by atoms with Gasteiger partial charge < -0.3 is 9.94 Å². The van der Waals surface area contributed by atoms with Crippen LogP contribution in [0.5, 0.6) is 0 Å². The van der Waals surface area contributed by atoms with Crippen LogP contribution in [0, 0.1) is 5.92 Å². The SMILES string of the molecule is CN(CCON=C(c1ccccc1)c1ccccc1)[C@@H]1CCCC[C@@H]1C(=O)O. The summed E-state index contributed by atoms with van der Waals surface area (Å²) in [4.78, 5) is 19.3. The van der Waals surface area contributed by atoms with Crippen molar-refractivity contribution in [3.05, 3.63) is 71.8 Å². The standard InChI is InChI=1S/C23H28N2O3/c1-25(21-15-9-8-14-20(21)23(26)27)16-17-28-24-22(18-10-4-2-5-11-18)19-12-6-3-7-13-19/h2-7,10-13,20-21H,8-9,14-17H2,1H3,(H,26,27)/t20-,21+/m0/s1. The van der Waals surface area contributed by atoms with Gasteiger partial charge in [0.2, 0.25) is 0 Å². The summed E-state index contributed by atoms with van der Waals surface area (Å²) in [6.07, 6.45) is 3.77. The molecule has 1 aliphatic carbocycles. The average Bonchev–Trinajstić information content (AvgIpc) is 2.75. The van der Waals surface area contributed by atoms with E-state index in [0.29, 0.717) is 13.2 Å². The smallest absolute Gasteiger partial charge is 0.308 e. The molecule has 0 aromatic heterocycles. The quantitative estimate of drug-likeness (QED) is 0.427. The average molecular weight is 380 g/mol. The fraction of sp³-hybridized carbons (Fsp3) is 0.391. The summed E-state index contributed by atoms with van der Waals surface area (Å²) in [5.41, 5.74) is 2.80. The van der Waals surface area contributed by atoms with Crippen molar-refractivity contribution >= 4 is 11.7 Å². The highest BCUT2D eigenvalue weighted by Crippen LogP contribution is 2.28. The molecule has 0 amide bonds. The number of hydrogen-bond acceptors (Lipinski definition) is 4. The van der Waals surface area contributed by atoms with Crippen LogP contribution in [0.3, 0.4) is 0 Å². The Balaban J connectivity index is 1.63. The lowest BCUT2D eigenvalue weighted by Gasteiger charge is -2.35. The second-order valence-electron chi connectivity index (χ2n) is 7.28. The number of likely N-dealkylation sites (N-methyl/N-ethyl adjacent to an activating group) is 1. The number of rotatable bonds is 8. The fourth-order valence-corrected chi connectivity index (χ4v) is 3.85. The predicted molar refractivity (Wildman–Crippen MR) is 110 cm³/mol. The van der Waals surface area contributed by atoms with Crippen LogP contribution in [0.2, 0.25) is 0 Å². The molecule has 0 aliphatic heterocycles. The van der Waals surface area contributed by atoms with E-state index in [-0.39, 0.29) is 12.0 Å². The first-order valence-corrected chi connectivity index (χ1v) is 9.90. The van der Waals surface area contributed by atoms with Crippen LogP contribution in [-0.2, 0) is 9.63 Å². The molecule has 0 radical (unpaired) electrons. The van der Waals surface area contributed by atoms with Crippen molar-refractivity contribution in [2.45, 2.75) is 31.7 Å². The molecule has 5 heteroatoms. The highest BCUT2D eigenvalue weighted by atomic mass is 16.6. The lowest BCUT2D eigenvalue weighted by Crippen LogP contribution is -2.44. The molecule has 3 rings (SSSR count). The van der Waals surface area contributed by atoms with Gasteiger partial charge in [0, 0.05) is 23.7 Å². The van der Waals surface area contributed by atoms with E-state index in [4.69, 9.17) is 4.84 Å². The predicted octanol–water partition coefficient (Wildman–Crippen LogP) is 4.03. The minimum atomic E-state index is -0.689. The summed E-state index contributed by atoms with van der Waals surface area (Å²) in [5.74, 6) is -0.975. The van der Waals surface area contributed by atoms with Crippen molar-refractivity contribution < 1.29 is 14.7 Å². The van der Waals surface area contributed by atoms with Crippen molar-refractivity contribution in [2.24, 2.45) is 11.1 Å². The molecule has 0 unspecified atom stereocenters. The molecule has 1 N–H and O–H groups in total. The first kappa shape index (κ1) is 20.1. The Morgan fingerprint density at radius 3 is 2.18 bits per heavy atom. The van der Waals surface area contributed by atoms with Crippen LogP contribution >= 0.6 is 0 Å². The Hall–Kier alpha value is -2.66. The molecule has 28 heavy (non-hydrogen) atoms. The molecular formula is C23H28N2O3. The van der Waals surface area contributed by atoms with Gasteiger partial charge in [-0.3, -0.25) is 9.69 Å². The van der Waals surface area contributed by atoms with Crippen molar-refractivity contribution in [1.82, 2.24) is 4.90 Å². The molecule has 1 fully saturated rings. The van der Waals surface area contributed by atoms with Crippen LogP contribution in [0.25, 0.3) is 0 Å². The van der Waals surface area contributed by atoms with E-state index in [1.807, 2.05) is 67.7 Å². The van der Waals surface area contributed by atoms with E-state index in [2.05, 4.69) is 10.1 Å². The Bertz CT molecular complexity index is 735. The molecule has 5 nitrogen and oxygen atoms in total. The largest absolute Gasteiger partial charge is 0.481 e. The van der Waals surface area contributed by atoms with Gasteiger partial charge in [0.25, 0.3) is 0 Å². The van der Waals surface area contributed by atoms with E-state index in [1.165, 1.54) is 0 Å². The molecule has 2 aromatic carbocycles. The first-order valence-electron chi connectivity index (χ1n) is 9.90. The van der Waals surface area contributed by atoms with Gasteiger partial charge in [0.05, 0.1) is 5.92 Å². The molecule has 2 aromatic rings. The maximum absolute atomic E-state index is 11.5. The number of carbonyl (C=O) groups is 1. The number of aliphatic carboxylic acids is 1. The molecule has 2 atom stereocenters. The summed E-state index contributed by atoms with van der Waals surface area (Å²) in [5, 5.41) is 13.9. The minimum absolute atomic E-state index is 0.0709. The van der Waals surface area contributed by atoms with E-state index in [9.17, 15) is 9.90 Å². The normalized spacial score (nSPS) is 19.2. The molecule has 0 bridgehead atoms. The van der Waals surface area contributed by atoms with Crippen molar-refractivity contribution in [2.75, 3.05) is 20.2 Å². The Morgan fingerprint density at radius 1 is 1.04 bits per heavy atom. The lowest BCUT2D eigenvalue weighted by molar-refractivity contribution is -0.145. The summed E-state index contributed by atoms with van der Waals surface area (Å²) < 4.78 is 0. The number of benzene rings is 2. The highest BCUT2D eigenvalue weighted by Gasteiger charge is 2.33. The summed E-state index contributed by atoms with van der Waals surface area (Å²) in [7, 11) is 1.98. The van der Waals surface area contributed by atoms with Gasteiger partial charge in [-0.05, 0) is 19.9 Å². The van der Waals surface area contributed by atoms with Gasteiger partial charge in [-0.1, -0.05) is 78.7 Å². The molecule has 1 saturated carbocycles. The van der Waals surface area contributed by atoms with Crippen LogP contribution < -0.4 is 0 Å². The molecule has 0 spiro atoms. The number of carboxylic acid groups (broad SMARTS) is 1. The number of hydrogen-bond donors (Lipinski definition) is 1. The third kappa shape index (κ3) is 5.20. The molecule has 148 valence electrons. The van der Waals surface area contributed by atoms with Gasteiger partial charge in [-0.25, -0.2) is 0 Å². The van der Waals surface area contributed by atoms with Crippen LogP contribution in [-0.4, -0.2) is 47.9 Å². The monoisotopic (exact) mass is 380 g/mol. The van der Waals surface area contributed by atoms with Crippen LogP contribution in [0.4, 0.5) is 0 Å². The Kier molecular flexibility index (Phi) is 7.20. The Morgan fingerprint density at radius 2 is 1.61 bits per heavy atom. The number of carboxylic acids is 1. The summed E-state index contributed by atoms with van der Waals surface area (Å²) >= 11 is 0. The Labute approximate surface area is 166 Å². The molecular weight excluding hydrogens is 352 g/mol. The number of oxime groups is 1. The fourth-order valence-electron chi connectivity index (χ4n) is 3.85. The van der Waals surface area contributed by atoms with Crippen molar-refractivity contribution in [3.8, 4) is 0 Å². The zero-order valence-electron chi connectivity index (χ0n) is 16.3. The summed E-state index contributed by atoms with van der Waals surface area (Å²) in [6, 6.07) is 20.0. The second kappa shape index (κ2) is 10.0. The molecule has 0 saturated heterocycles. The van der Waals surface area contributed by atoms with E-state index in [1.54, 1.807) is 0 Å². The summed E-state index contributed by atoms with van der Waals surface area (Å²) in [6.45, 7) is 1.07. The lowest BCUT2D eigenvalue weighted by atomic mass is 9.84.